The third-order valence-electron chi connectivity index (χ3n) is 5.19. The van der Waals surface area contributed by atoms with Gasteiger partial charge in [0.25, 0.3) is 0 Å². The highest BCUT2D eigenvalue weighted by atomic mass is 19.1. The molecule has 0 radical (unpaired) electrons. The van der Waals surface area contributed by atoms with Gasteiger partial charge in [0.15, 0.2) is 0 Å². The first-order valence-corrected chi connectivity index (χ1v) is 8.04. The smallest absolute Gasteiger partial charge is 0.130 e. The van der Waals surface area contributed by atoms with Crippen molar-refractivity contribution in [3.05, 3.63) is 53.7 Å². The Bertz CT molecular complexity index is 737. The van der Waals surface area contributed by atoms with Crippen molar-refractivity contribution in [1.29, 1.82) is 0 Å². The monoisotopic (exact) mass is 310 g/mol. The summed E-state index contributed by atoms with van der Waals surface area (Å²) in [6, 6.07) is 12.4. The van der Waals surface area contributed by atoms with Gasteiger partial charge >= 0.3 is 0 Å². The zero-order chi connectivity index (χ0) is 16.0. The van der Waals surface area contributed by atoms with Crippen molar-refractivity contribution in [2.24, 2.45) is 5.73 Å². The Hall–Kier alpha value is -2.07. The quantitative estimate of drug-likeness (QED) is 0.883. The number of rotatable bonds is 4. The van der Waals surface area contributed by atoms with E-state index in [4.69, 9.17) is 5.73 Å². The minimum absolute atomic E-state index is 0.270. The highest BCUT2D eigenvalue weighted by molar-refractivity contribution is 5.71. The maximum atomic E-state index is 13.2. The lowest BCUT2D eigenvalue weighted by atomic mass is 9.65. The minimum atomic E-state index is -0.876. The number of benzene rings is 1. The van der Waals surface area contributed by atoms with Crippen LogP contribution in [0.1, 0.15) is 36.3 Å². The summed E-state index contributed by atoms with van der Waals surface area (Å²) in [7, 11) is 0. The van der Waals surface area contributed by atoms with E-state index in [2.05, 4.69) is 17.1 Å². The average molecular weight is 310 g/mol. The zero-order valence-electron chi connectivity index (χ0n) is 12.8. The molecule has 2 aliphatic carbocycles. The third kappa shape index (κ3) is 2.47. The van der Waals surface area contributed by atoms with Gasteiger partial charge in [-0.25, -0.2) is 4.39 Å². The lowest BCUT2D eigenvalue weighted by Gasteiger charge is -2.39. The summed E-state index contributed by atoms with van der Waals surface area (Å²) in [5.41, 5.74) is 9.23. The fourth-order valence-electron chi connectivity index (χ4n) is 3.52. The molecule has 2 saturated carbocycles. The van der Waals surface area contributed by atoms with Crippen LogP contribution in [0.3, 0.4) is 0 Å². The van der Waals surface area contributed by atoms with Crippen LogP contribution in [0.2, 0.25) is 0 Å². The Morgan fingerprint density at radius 1 is 1.26 bits per heavy atom. The third-order valence-corrected chi connectivity index (χ3v) is 5.19. The van der Waals surface area contributed by atoms with Crippen molar-refractivity contribution in [2.45, 2.75) is 42.8 Å². The molecule has 0 amide bonds. The normalized spacial score (nSPS) is 32.2. The first-order chi connectivity index (χ1) is 11.1. The number of aromatic nitrogens is 1. The fourth-order valence-corrected chi connectivity index (χ4v) is 3.52. The Labute approximate surface area is 134 Å². The lowest BCUT2D eigenvalue weighted by Crippen LogP contribution is -2.44. The molecule has 0 bridgehead atoms. The van der Waals surface area contributed by atoms with Crippen LogP contribution in [0.5, 0.6) is 0 Å². The van der Waals surface area contributed by atoms with E-state index in [-0.39, 0.29) is 18.9 Å². The van der Waals surface area contributed by atoms with Crippen LogP contribution in [0.4, 0.5) is 4.39 Å². The number of alkyl halides is 1. The average Bonchev–Trinajstić information content (AvgIpc) is 3.29. The molecule has 4 heteroatoms. The van der Waals surface area contributed by atoms with Crippen LogP contribution in [0, 0.1) is 0 Å². The summed E-state index contributed by atoms with van der Waals surface area (Å²) < 4.78 is 13.2. The Morgan fingerprint density at radius 3 is 2.61 bits per heavy atom. The van der Waals surface area contributed by atoms with E-state index in [1.807, 2.05) is 24.3 Å². The summed E-state index contributed by atoms with van der Waals surface area (Å²) in [5, 5.41) is 0. The lowest BCUT2D eigenvalue weighted by molar-refractivity contribution is -0.117. The molecule has 0 spiro atoms. The number of aldehydes is 1. The number of hydrogen-bond acceptors (Lipinski definition) is 3. The number of nitrogens with two attached hydrogens (primary N) is 1. The van der Waals surface area contributed by atoms with Crippen LogP contribution in [0.15, 0.2) is 42.6 Å². The van der Waals surface area contributed by atoms with Crippen LogP contribution in [-0.4, -0.2) is 23.5 Å². The standard InChI is InChI=1S/C19H19FN2O/c20-15-8-19(9-15,11-23)14-4-5-18(22-10-14)13-3-1-2-12(6-13)16-7-17(16)21/h1-6,10-11,15-17H,7-9,21H2/t15?,16-,17+,19?/m1/s1. The summed E-state index contributed by atoms with van der Waals surface area (Å²) >= 11 is 0. The molecular weight excluding hydrogens is 291 g/mol. The molecule has 4 rings (SSSR count). The van der Waals surface area contributed by atoms with E-state index in [9.17, 15) is 9.18 Å². The van der Waals surface area contributed by atoms with E-state index >= 15 is 0 Å². The molecule has 2 aromatic rings. The SMILES string of the molecule is N[C@H]1C[C@@H]1c1cccc(-c2ccc(C3(C=O)CC(F)C3)cn2)c1. The second-order valence-electron chi connectivity index (χ2n) is 6.84. The van der Waals surface area contributed by atoms with Crippen LogP contribution in [0.25, 0.3) is 11.3 Å². The maximum Gasteiger partial charge on any atom is 0.130 e. The molecule has 1 aromatic heterocycles. The number of nitrogens with zero attached hydrogens (tertiary/aromatic N) is 1. The van der Waals surface area contributed by atoms with Crippen molar-refractivity contribution in [3.63, 3.8) is 0 Å². The fraction of sp³-hybridized carbons (Fsp3) is 0.368. The highest BCUT2D eigenvalue weighted by Gasteiger charge is 2.46. The van der Waals surface area contributed by atoms with Gasteiger partial charge in [0.2, 0.25) is 0 Å². The van der Waals surface area contributed by atoms with Gasteiger partial charge in [-0.2, -0.15) is 0 Å². The molecule has 23 heavy (non-hydrogen) atoms. The van der Waals surface area contributed by atoms with Crippen molar-refractivity contribution >= 4 is 6.29 Å². The maximum absolute atomic E-state index is 13.2. The second kappa shape index (κ2) is 5.24. The van der Waals surface area contributed by atoms with Gasteiger partial charge in [0.05, 0.1) is 11.1 Å². The van der Waals surface area contributed by atoms with Gasteiger partial charge < -0.3 is 10.5 Å². The van der Waals surface area contributed by atoms with Crippen molar-refractivity contribution in [3.8, 4) is 11.3 Å². The predicted molar refractivity (Wildman–Crippen MR) is 86.9 cm³/mol. The Morgan fingerprint density at radius 2 is 2.04 bits per heavy atom. The second-order valence-corrected chi connectivity index (χ2v) is 6.84. The van der Waals surface area contributed by atoms with Gasteiger partial charge in [0, 0.05) is 23.7 Å². The first kappa shape index (κ1) is 14.5. The summed E-state index contributed by atoms with van der Waals surface area (Å²) in [4.78, 5) is 15.9. The van der Waals surface area contributed by atoms with Gasteiger partial charge in [0.1, 0.15) is 12.5 Å². The zero-order valence-corrected chi connectivity index (χ0v) is 12.8. The molecule has 118 valence electrons. The molecule has 2 N–H and O–H groups in total. The van der Waals surface area contributed by atoms with Crippen LogP contribution < -0.4 is 5.73 Å². The molecule has 2 atom stereocenters. The molecule has 2 aliphatic rings. The highest BCUT2D eigenvalue weighted by Crippen LogP contribution is 2.44. The van der Waals surface area contributed by atoms with Crippen LogP contribution >= 0.6 is 0 Å². The number of carbonyl (C=O) groups is 1. The van der Waals surface area contributed by atoms with Gasteiger partial charge in [-0.05, 0) is 42.5 Å². The number of halogens is 1. The van der Waals surface area contributed by atoms with E-state index in [1.54, 1.807) is 6.20 Å². The number of carbonyl (C=O) groups excluding carboxylic acids is 1. The topological polar surface area (TPSA) is 56.0 Å². The summed E-state index contributed by atoms with van der Waals surface area (Å²) in [6.45, 7) is 0. The van der Waals surface area contributed by atoms with Gasteiger partial charge in [-0.3, -0.25) is 4.98 Å². The van der Waals surface area contributed by atoms with E-state index in [0.717, 1.165) is 29.5 Å². The van der Waals surface area contributed by atoms with E-state index in [0.29, 0.717) is 5.92 Å². The van der Waals surface area contributed by atoms with Gasteiger partial charge in [-0.15, -0.1) is 0 Å². The molecule has 0 saturated heterocycles. The molecule has 2 fully saturated rings. The number of pyridine rings is 1. The molecule has 1 aromatic carbocycles. The Balaban J connectivity index is 1.60. The van der Waals surface area contributed by atoms with Crippen molar-refractivity contribution in [2.75, 3.05) is 0 Å². The summed E-state index contributed by atoms with van der Waals surface area (Å²) in [6.07, 6.45) is 3.29. The molecule has 3 nitrogen and oxygen atoms in total. The number of hydrogen-bond donors (Lipinski definition) is 1. The molecule has 1 heterocycles. The first-order valence-electron chi connectivity index (χ1n) is 8.04. The van der Waals surface area contributed by atoms with Gasteiger partial charge in [-0.1, -0.05) is 24.3 Å². The Kier molecular flexibility index (Phi) is 3.31. The van der Waals surface area contributed by atoms with Crippen LogP contribution in [-0.2, 0) is 10.2 Å². The largest absolute Gasteiger partial charge is 0.327 e. The van der Waals surface area contributed by atoms with Crippen molar-refractivity contribution < 1.29 is 9.18 Å². The molecular formula is C19H19FN2O. The molecule has 0 aliphatic heterocycles. The van der Waals surface area contributed by atoms with Crippen molar-refractivity contribution in [1.82, 2.24) is 4.98 Å². The predicted octanol–water partition coefficient (Wildman–Crippen LogP) is 3.13. The molecule has 0 unspecified atom stereocenters. The van der Waals surface area contributed by atoms with E-state index in [1.165, 1.54) is 5.56 Å². The minimum Gasteiger partial charge on any atom is -0.327 e. The summed E-state index contributed by atoms with van der Waals surface area (Å²) in [5.74, 6) is 0.462. The van der Waals surface area contributed by atoms with E-state index < -0.39 is 11.6 Å².